The van der Waals surface area contributed by atoms with Crippen molar-refractivity contribution in [3.63, 3.8) is 0 Å². The molecule has 2 unspecified atom stereocenters. The van der Waals surface area contributed by atoms with Gasteiger partial charge in [0, 0.05) is 12.8 Å². The van der Waals surface area contributed by atoms with Gasteiger partial charge in [0.1, 0.15) is 0 Å². The normalized spacial score (nSPS) is 13.5. The molecule has 0 aliphatic rings. The lowest BCUT2D eigenvalue weighted by Gasteiger charge is -2.17. The van der Waals surface area contributed by atoms with Crippen molar-refractivity contribution in [2.45, 2.75) is 72.3 Å². The van der Waals surface area contributed by atoms with E-state index in [1.165, 1.54) is 0 Å². The number of carbonyl (C=O) groups excluding carboxylic acids is 2. The first-order valence-electron chi connectivity index (χ1n) is 7.92. The van der Waals surface area contributed by atoms with Gasteiger partial charge in [-0.2, -0.15) is 0 Å². The summed E-state index contributed by atoms with van der Waals surface area (Å²) in [4.78, 5) is 23.2. The minimum atomic E-state index is -0.283. The van der Waals surface area contributed by atoms with E-state index in [2.05, 4.69) is 10.6 Å². The maximum Gasteiger partial charge on any atom is 0.307 e. The standard InChI is InChI=1S/C15H30N2O4/c1-5-12(16-7-3)20-14(18)10-9-11-15(19)21-13(6-2)17-8-4/h12-13,16-17H,5-11H2,1-4H3. The second-order valence-corrected chi connectivity index (χ2v) is 4.74. The highest BCUT2D eigenvalue weighted by Crippen LogP contribution is 2.05. The molecule has 0 saturated carbocycles. The van der Waals surface area contributed by atoms with Crippen LogP contribution in [0.3, 0.4) is 0 Å². The van der Waals surface area contributed by atoms with Gasteiger partial charge in [0.2, 0.25) is 0 Å². The summed E-state index contributed by atoms with van der Waals surface area (Å²) in [6.45, 7) is 9.32. The third-order valence-electron chi connectivity index (χ3n) is 2.91. The molecule has 0 aromatic rings. The van der Waals surface area contributed by atoms with Gasteiger partial charge in [-0.05, 0) is 32.4 Å². The van der Waals surface area contributed by atoms with Crippen molar-refractivity contribution in [3.8, 4) is 0 Å². The summed E-state index contributed by atoms with van der Waals surface area (Å²) in [6, 6.07) is 0. The van der Waals surface area contributed by atoms with Crippen LogP contribution in [-0.2, 0) is 19.1 Å². The zero-order valence-corrected chi connectivity index (χ0v) is 13.7. The number of esters is 2. The summed E-state index contributed by atoms with van der Waals surface area (Å²) >= 11 is 0. The maximum atomic E-state index is 11.6. The van der Waals surface area contributed by atoms with Crippen LogP contribution in [-0.4, -0.2) is 37.5 Å². The molecule has 0 radical (unpaired) electrons. The van der Waals surface area contributed by atoms with Gasteiger partial charge in [-0.25, -0.2) is 0 Å². The van der Waals surface area contributed by atoms with E-state index in [0.29, 0.717) is 6.42 Å². The van der Waals surface area contributed by atoms with Gasteiger partial charge in [0.25, 0.3) is 0 Å². The van der Waals surface area contributed by atoms with Gasteiger partial charge >= 0.3 is 11.9 Å². The van der Waals surface area contributed by atoms with E-state index in [1.807, 2.05) is 27.7 Å². The van der Waals surface area contributed by atoms with Crippen molar-refractivity contribution >= 4 is 11.9 Å². The number of ether oxygens (including phenoxy) is 2. The van der Waals surface area contributed by atoms with Gasteiger partial charge in [0.15, 0.2) is 12.5 Å². The molecule has 0 aromatic heterocycles. The van der Waals surface area contributed by atoms with Gasteiger partial charge < -0.3 is 9.47 Å². The van der Waals surface area contributed by atoms with E-state index >= 15 is 0 Å². The van der Waals surface area contributed by atoms with E-state index in [1.54, 1.807) is 0 Å². The van der Waals surface area contributed by atoms with Crippen molar-refractivity contribution in [2.24, 2.45) is 0 Å². The second-order valence-electron chi connectivity index (χ2n) is 4.74. The average molecular weight is 302 g/mol. The van der Waals surface area contributed by atoms with Crippen molar-refractivity contribution < 1.29 is 19.1 Å². The van der Waals surface area contributed by atoms with E-state index < -0.39 is 0 Å². The summed E-state index contributed by atoms with van der Waals surface area (Å²) in [5.74, 6) is -0.566. The third kappa shape index (κ3) is 10.3. The molecule has 0 amide bonds. The minimum Gasteiger partial charge on any atom is -0.447 e. The van der Waals surface area contributed by atoms with Crippen molar-refractivity contribution in [1.29, 1.82) is 0 Å². The molecule has 0 bridgehead atoms. The fourth-order valence-electron chi connectivity index (χ4n) is 1.81. The topological polar surface area (TPSA) is 76.7 Å². The van der Waals surface area contributed by atoms with Crippen LogP contribution in [0.4, 0.5) is 0 Å². The van der Waals surface area contributed by atoms with Crippen LogP contribution in [0.2, 0.25) is 0 Å². The Morgan fingerprint density at radius 3 is 1.48 bits per heavy atom. The fraction of sp³-hybridized carbons (Fsp3) is 0.867. The summed E-state index contributed by atoms with van der Waals surface area (Å²) in [5, 5.41) is 6.13. The highest BCUT2D eigenvalue weighted by molar-refractivity contribution is 5.72. The van der Waals surface area contributed by atoms with Crippen molar-refractivity contribution in [2.75, 3.05) is 13.1 Å². The molecule has 0 heterocycles. The lowest BCUT2D eigenvalue weighted by Crippen LogP contribution is -2.33. The Balaban J connectivity index is 3.86. The Kier molecular flexibility index (Phi) is 11.9. The van der Waals surface area contributed by atoms with Crippen LogP contribution in [0.5, 0.6) is 0 Å². The predicted octanol–water partition coefficient (Wildman–Crippen LogP) is 1.93. The zero-order chi connectivity index (χ0) is 16.1. The van der Waals surface area contributed by atoms with Crippen LogP contribution < -0.4 is 10.6 Å². The SMILES string of the molecule is CCNC(CC)OC(=O)CCCC(=O)OC(CC)NCC. The lowest BCUT2D eigenvalue weighted by atomic mass is 10.2. The molecule has 124 valence electrons. The van der Waals surface area contributed by atoms with Crippen molar-refractivity contribution in [1.82, 2.24) is 10.6 Å². The molecule has 0 rings (SSSR count). The summed E-state index contributed by atoms with van der Waals surface area (Å²) in [7, 11) is 0. The average Bonchev–Trinajstić information content (AvgIpc) is 2.46. The Labute approximate surface area is 127 Å². The molecule has 6 nitrogen and oxygen atoms in total. The summed E-state index contributed by atoms with van der Waals surface area (Å²) in [6.07, 6.45) is 1.87. The number of hydrogen-bond acceptors (Lipinski definition) is 6. The highest BCUT2D eigenvalue weighted by atomic mass is 16.6. The fourth-order valence-corrected chi connectivity index (χ4v) is 1.81. The van der Waals surface area contributed by atoms with Crippen LogP contribution in [0.15, 0.2) is 0 Å². The molecule has 0 aliphatic heterocycles. The molecule has 6 heteroatoms. The molecule has 0 aromatic carbocycles. The second kappa shape index (κ2) is 12.6. The first kappa shape index (κ1) is 19.9. The maximum absolute atomic E-state index is 11.6. The largest absolute Gasteiger partial charge is 0.447 e. The number of nitrogens with one attached hydrogen (secondary N) is 2. The van der Waals surface area contributed by atoms with Gasteiger partial charge in [0.05, 0.1) is 0 Å². The van der Waals surface area contributed by atoms with Gasteiger partial charge in [-0.15, -0.1) is 0 Å². The first-order valence-corrected chi connectivity index (χ1v) is 7.92. The van der Waals surface area contributed by atoms with Crippen LogP contribution in [0.1, 0.15) is 59.8 Å². The monoisotopic (exact) mass is 302 g/mol. The number of carbonyl (C=O) groups is 2. The minimum absolute atomic E-state index is 0.231. The van der Waals surface area contributed by atoms with E-state index in [9.17, 15) is 9.59 Å². The van der Waals surface area contributed by atoms with Gasteiger partial charge in [-0.3, -0.25) is 20.2 Å². The molecule has 21 heavy (non-hydrogen) atoms. The quantitative estimate of drug-likeness (QED) is 0.424. The highest BCUT2D eigenvalue weighted by Gasteiger charge is 2.14. The molecule has 0 saturated heterocycles. The van der Waals surface area contributed by atoms with Crippen molar-refractivity contribution in [3.05, 3.63) is 0 Å². The molecule has 0 fully saturated rings. The van der Waals surface area contributed by atoms with Crippen LogP contribution >= 0.6 is 0 Å². The lowest BCUT2D eigenvalue weighted by molar-refractivity contribution is -0.152. The Hall–Kier alpha value is -1.14. The molecule has 0 spiro atoms. The first-order chi connectivity index (χ1) is 10.1. The summed E-state index contributed by atoms with van der Waals surface area (Å²) in [5.41, 5.74) is 0. The van der Waals surface area contributed by atoms with Gasteiger partial charge in [-0.1, -0.05) is 27.7 Å². The molecular formula is C15H30N2O4. The van der Waals surface area contributed by atoms with Crippen LogP contribution in [0.25, 0.3) is 0 Å². The van der Waals surface area contributed by atoms with E-state index in [-0.39, 0.29) is 37.2 Å². The Morgan fingerprint density at radius 2 is 1.19 bits per heavy atom. The molecule has 2 N–H and O–H groups in total. The predicted molar refractivity (Wildman–Crippen MR) is 81.5 cm³/mol. The van der Waals surface area contributed by atoms with E-state index in [4.69, 9.17) is 9.47 Å². The summed E-state index contributed by atoms with van der Waals surface area (Å²) < 4.78 is 10.5. The molecule has 2 atom stereocenters. The Morgan fingerprint density at radius 1 is 0.810 bits per heavy atom. The third-order valence-corrected chi connectivity index (χ3v) is 2.91. The molecule has 0 aliphatic carbocycles. The van der Waals surface area contributed by atoms with Crippen LogP contribution in [0, 0.1) is 0 Å². The smallest absolute Gasteiger partial charge is 0.307 e. The van der Waals surface area contributed by atoms with E-state index in [0.717, 1.165) is 25.9 Å². The number of hydrogen-bond donors (Lipinski definition) is 2. The zero-order valence-electron chi connectivity index (χ0n) is 13.7. The number of rotatable bonds is 12. The molecular weight excluding hydrogens is 272 g/mol. The Bertz CT molecular complexity index is 269.